The van der Waals surface area contributed by atoms with Crippen LogP contribution in [-0.4, -0.2) is 62.4 Å². The van der Waals surface area contributed by atoms with E-state index < -0.39 is 11.6 Å². The van der Waals surface area contributed by atoms with Crippen molar-refractivity contribution >= 4 is 0 Å². The molecule has 2 aliphatic rings. The minimum atomic E-state index is -0.643. The van der Waals surface area contributed by atoms with Gasteiger partial charge in [0.2, 0.25) is 0 Å². The molecule has 0 N–H and O–H groups in total. The van der Waals surface area contributed by atoms with E-state index in [1.807, 2.05) is 27.7 Å². The fraction of sp³-hybridized carbons (Fsp3) is 0.778. The number of hydrogen-bond acceptors (Lipinski definition) is 6. The second-order valence-corrected chi connectivity index (χ2v) is 6.91. The molecule has 24 heavy (non-hydrogen) atoms. The molecule has 0 aromatic carbocycles. The van der Waals surface area contributed by atoms with Crippen LogP contribution in [0.1, 0.15) is 27.7 Å². The van der Waals surface area contributed by atoms with Gasteiger partial charge in [0.25, 0.3) is 0 Å². The molecule has 0 amide bonds. The minimum Gasteiger partial charge on any atom is -0.369 e. The van der Waals surface area contributed by atoms with Crippen molar-refractivity contribution in [3.63, 3.8) is 0 Å². The fourth-order valence-corrected chi connectivity index (χ4v) is 2.94. The zero-order valence-corrected chi connectivity index (χ0v) is 15.2. The van der Waals surface area contributed by atoms with Crippen LogP contribution in [0.15, 0.2) is 25.3 Å². The first kappa shape index (κ1) is 19.6. The summed E-state index contributed by atoms with van der Waals surface area (Å²) >= 11 is 0. The summed E-state index contributed by atoms with van der Waals surface area (Å²) in [7, 11) is 0. The molecule has 0 saturated carbocycles. The Morgan fingerprint density at radius 1 is 0.875 bits per heavy atom. The molecule has 0 aromatic heterocycles. The highest BCUT2D eigenvalue weighted by Gasteiger charge is 2.47. The first-order chi connectivity index (χ1) is 11.3. The maximum absolute atomic E-state index is 6.00. The third-order valence-electron chi connectivity index (χ3n) is 3.93. The number of ether oxygens (including phenoxy) is 6. The van der Waals surface area contributed by atoms with Gasteiger partial charge in [0.15, 0.2) is 11.6 Å². The molecule has 0 bridgehead atoms. The summed E-state index contributed by atoms with van der Waals surface area (Å²) < 4.78 is 35.4. The van der Waals surface area contributed by atoms with E-state index in [-0.39, 0.29) is 24.4 Å². The van der Waals surface area contributed by atoms with E-state index in [1.54, 1.807) is 12.2 Å². The average molecular weight is 342 g/mol. The summed E-state index contributed by atoms with van der Waals surface area (Å²) in [6.45, 7) is 16.6. The van der Waals surface area contributed by atoms with Crippen molar-refractivity contribution in [2.24, 2.45) is 0 Å². The smallest absolute Gasteiger partial charge is 0.163 e. The average Bonchev–Trinajstić information content (AvgIpc) is 3.04. The van der Waals surface area contributed by atoms with Gasteiger partial charge in [-0.05, 0) is 27.7 Å². The first-order valence-electron chi connectivity index (χ1n) is 8.36. The van der Waals surface area contributed by atoms with Crippen LogP contribution in [-0.2, 0) is 28.4 Å². The van der Waals surface area contributed by atoms with Gasteiger partial charge in [-0.2, -0.15) is 0 Å². The van der Waals surface area contributed by atoms with Crippen molar-refractivity contribution < 1.29 is 28.4 Å². The molecular weight excluding hydrogens is 312 g/mol. The molecule has 0 spiro atoms. The van der Waals surface area contributed by atoms with E-state index in [0.717, 1.165) is 0 Å². The lowest BCUT2D eigenvalue weighted by Crippen LogP contribution is -2.50. The summed E-state index contributed by atoms with van der Waals surface area (Å²) in [5, 5.41) is 0. The van der Waals surface area contributed by atoms with Gasteiger partial charge in [0, 0.05) is 0 Å². The van der Waals surface area contributed by atoms with Crippen molar-refractivity contribution in [2.75, 3.05) is 26.4 Å². The maximum Gasteiger partial charge on any atom is 0.163 e. The molecule has 0 aromatic rings. The van der Waals surface area contributed by atoms with E-state index in [4.69, 9.17) is 28.4 Å². The molecule has 0 unspecified atom stereocenters. The Morgan fingerprint density at radius 2 is 1.25 bits per heavy atom. The third kappa shape index (κ3) is 5.12. The lowest BCUT2D eigenvalue weighted by molar-refractivity contribution is -0.199. The lowest BCUT2D eigenvalue weighted by atomic mass is 10.0. The molecule has 6 nitrogen and oxygen atoms in total. The first-order valence-corrected chi connectivity index (χ1v) is 8.36. The van der Waals surface area contributed by atoms with Crippen molar-refractivity contribution in [1.82, 2.24) is 0 Å². The third-order valence-corrected chi connectivity index (χ3v) is 3.93. The van der Waals surface area contributed by atoms with Gasteiger partial charge < -0.3 is 28.4 Å². The molecule has 2 saturated heterocycles. The second kappa shape index (κ2) is 8.08. The van der Waals surface area contributed by atoms with Crippen LogP contribution in [0.4, 0.5) is 0 Å². The summed E-state index contributed by atoms with van der Waals surface area (Å²) in [6.07, 6.45) is 2.15. The van der Waals surface area contributed by atoms with Gasteiger partial charge in [0.1, 0.15) is 24.4 Å². The molecule has 2 rings (SSSR count). The van der Waals surface area contributed by atoms with Gasteiger partial charge in [-0.1, -0.05) is 12.2 Å². The Kier molecular flexibility index (Phi) is 6.59. The molecule has 2 fully saturated rings. The van der Waals surface area contributed by atoms with Crippen molar-refractivity contribution in [1.29, 1.82) is 0 Å². The summed E-state index contributed by atoms with van der Waals surface area (Å²) in [5.41, 5.74) is 0. The highest BCUT2D eigenvalue weighted by Crippen LogP contribution is 2.32. The molecule has 2 aliphatic heterocycles. The topological polar surface area (TPSA) is 55.4 Å². The summed E-state index contributed by atoms with van der Waals surface area (Å²) in [4.78, 5) is 0. The van der Waals surface area contributed by atoms with Crippen LogP contribution in [0.5, 0.6) is 0 Å². The standard InChI is InChI=1S/C18H30O6/c1-7-9-19-15(13-11-21-17(3,4)23-13)16(20-10-8-2)14-12-22-18(5,6)24-14/h7-8,13-16H,1-2,9-12H2,3-6H3/t13-,14-,15-,16-/m1/s1. The van der Waals surface area contributed by atoms with Crippen LogP contribution >= 0.6 is 0 Å². The van der Waals surface area contributed by atoms with Crippen LogP contribution < -0.4 is 0 Å². The zero-order valence-electron chi connectivity index (χ0n) is 15.2. The highest BCUT2D eigenvalue weighted by atomic mass is 16.8. The zero-order chi connectivity index (χ0) is 17.8. The molecular formula is C18H30O6. The van der Waals surface area contributed by atoms with E-state index in [9.17, 15) is 0 Å². The minimum absolute atomic E-state index is 0.262. The van der Waals surface area contributed by atoms with E-state index >= 15 is 0 Å². The van der Waals surface area contributed by atoms with E-state index in [0.29, 0.717) is 26.4 Å². The van der Waals surface area contributed by atoms with Gasteiger partial charge in [-0.25, -0.2) is 0 Å². The van der Waals surface area contributed by atoms with Crippen molar-refractivity contribution in [2.45, 2.75) is 63.7 Å². The Hall–Kier alpha value is -0.760. The molecule has 0 radical (unpaired) electrons. The van der Waals surface area contributed by atoms with Gasteiger partial charge >= 0.3 is 0 Å². The quantitative estimate of drug-likeness (QED) is 0.600. The van der Waals surface area contributed by atoms with E-state index in [1.165, 1.54) is 0 Å². The maximum atomic E-state index is 6.00. The molecule has 4 atom stereocenters. The molecule has 2 heterocycles. The van der Waals surface area contributed by atoms with Gasteiger partial charge in [-0.15, -0.1) is 13.2 Å². The fourth-order valence-electron chi connectivity index (χ4n) is 2.94. The Labute approximate surface area is 144 Å². The van der Waals surface area contributed by atoms with Gasteiger partial charge in [-0.3, -0.25) is 0 Å². The van der Waals surface area contributed by atoms with Crippen LogP contribution in [0.3, 0.4) is 0 Å². The largest absolute Gasteiger partial charge is 0.369 e. The van der Waals surface area contributed by atoms with Crippen LogP contribution in [0.2, 0.25) is 0 Å². The molecule has 6 heteroatoms. The van der Waals surface area contributed by atoms with Crippen molar-refractivity contribution in [3.05, 3.63) is 25.3 Å². The summed E-state index contributed by atoms with van der Waals surface area (Å²) in [6, 6.07) is 0. The molecule has 0 aliphatic carbocycles. The van der Waals surface area contributed by atoms with Gasteiger partial charge in [0.05, 0.1) is 26.4 Å². The SMILES string of the molecule is C=CCO[C@@H]([C@H](OCC=C)[C@H]1COC(C)(C)O1)[C@H]1COC(C)(C)O1. The predicted octanol–water partition coefficient (Wildman–Crippen LogP) is 2.43. The van der Waals surface area contributed by atoms with Crippen LogP contribution in [0, 0.1) is 0 Å². The van der Waals surface area contributed by atoms with Crippen molar-refractivity contribution in [3.8, 4) is 0 Å². The summed E-state index contributed by atoms with van der Waals surface area (Å²) in [5.74, 6) is -1.29. The number of hydrogen-bond donors (Lipinski definition) is 0. The Bertz CT molecular complexity index is 393. The Morgan fingerprint density at radius 3 is 1.50 bits per heavy atom. The number of rotatable bonds is 9. The molecule has 138 valence electrons. The lowest BCUT2D eigenvalue weighted by Gasteiger charge is -2.34. The second-order valence-electron chi connectivity index (χ2n) is 6.91. The van der Waals surface area contributed by atoms with Crippen LogP contribution in [0.25, 0.3) is 0 Å². The normalized spacial score (nSPS) is 30.8. The van der Waals surface area contributed by atoms with E-state index in [2.05, 4.69) is 13.2 Å². The predicted molar refractivity (Wildman–Crippen MR) is 89.7 cm³/mol. The highest BCUT2D eigenvalue weighted by molar-refractivity contribution is 4.92. The Balaban J connectivity index is 2.16. The monoisotopic (exact) mass is 342 g/mol.